The summed E-state index contributed by atoms with van der Waals surface area (Å²) in [4.78, 5) is 19.0. The average Bonchev–Trinajstić information content (AvgIpc) is 2.78. The second kappa shape index (κ2) is 10.1. The Balaban J connectivity index is 1.30. The summed E-state index contributed by atoms with van der Waals surface area (Å²) in [7, 11) is 0. The van der Waals surface area contributed by atoms with Crippen molar-refractivity contribution in [3.63, 3.8) is 0 Å². The lowest BCUT2D eigenvalue weighted by Gasteiger charge is -2.31. The molecule has 6 nitrogen and oxygen atoms in total. The fraction of sp³-hybridized carbons (Fsp3) is 0.333. The minimum absolute atomic E-state index is 0.0847. The molecule has 1 saturated heterocycles. The van der Waals surface area contributed by atoms with Crippen molar-refractivity contribution in [1.82, 2.24) is 15.2 Å². The van der Waals surface area contributed by atoms with E-state index in [1.807, 2.05) is 24.3 Å². The van der Waals surface area contributed by atoms with Crippen LogP contribution in [0.25, 0.3) is 10.9 Å². The van der Waals surface area contributed by atoms with Gasteiger partial charge in [-0.15, -0.1) is 0 Å². The Labute approximate surface area is 187 Å². The second-order valence-electron chi connectivity index (χ2n) is 7.75. The van der Waals surface area contributed by atoms with Gasteiger partial charge in [-0.25, -0.2) is 0 Å². The van der Waals surface area contributed by atoms with Crippen LogP contribution in [0.3, 0.4) is 0 Å². The quantitative estimate of drug-likeness (QED) is 0.606. The Morgan fingerprint density at radius 2 is 2.13 bits per heavy atom. The van der Waals surface area contributed by atoms with Crippen molar-refractivity contribution in [3.05, 3.63) is 70.9 Å². The van der Waals surface area contributed by atoms with Crippen molar-refractivity contribution in [1.29, 1.82) is 0 Å². The smallest absolute Gasteiger partial charge is 0.258 e. The van der Waals surface area contributed by atoms with E-state index in [4.69, 9.17) is 21.1 Å². The number of nitrogens with one attached hydrogen (secondary N) is 1. The summed E-state index contributed by atoms with van der Waals surface area (Å²) in [6.07, 6.45) is 1.94. The number of amides is 1. The number of pyridine rings is 1. The third kappa shape index (κ3) is 5.73. The molecule has 7 heteroatoms. The zero-order valence-electron chi connectivity index (χ0n) is 17.5. The Kier molecular flexibility index (Phi) is 7.02. The number of halogens is 1. The number of aromatic nitrogens is 1. The number of hydrogen-bond acceptors (Lipinski definition) is 5. The number of benzene rings is 2. The lowest BCUT2D eigenvalue weighted by molar-refractivity contribution is -0.123. The van der Waals surface area contributed by atoms with Crippen molar-refractivity contribution < 1.29 is 14.3 Å². The fourth-order valence-corrected chi connectivity index (χ4v) is 3.97. The molecule has 0 spiro atoms. The molecule has 0 saturated carbocycles. The van der Waals surface area contributed by atoms with Crippen molar-refractivity contribution >= 4 is 28.4 Å². The molecule has 1 aliphatic heterocycles. The number of carbonyl (C=O) groups excluding carboxylic acids is 1. The summed E-state index contributed by atoms with van der Waals surface area (Å²) >= 11 is 6.21. The maximum absolute atomic E-state index is 12.3. The highest BCUT2D eigenvalue weighted by Gasteiger charge is 2.16. The van der Waals surface area contributed by atoms with Crippen LogP contribution in [0, 0.1) is 0 Å². The molecule has 0 aliphatic carbocycles. The van der Waals surface area contributed by atoms with Crippen LogP contribution in [-0.2, 0) is 22.6 Å². The summed E-state index contributed by atoms with van der Waals surface area (Å²) in [6, 6.07) is 15.5. The summed E-state index contributed by atoms with van der Waals surface area (Å²) in [5, 5.41) is 4.33. The molecular formula is C24H26ClN3O3. The van der Waals surface area contributed by atoms with Crippen LogP contribution in [0.5, 0.6) is 5.75 Å². The zero-order valence-corrected chi connectivity index (χ0v) is 18.3. The van der Waals surface area contributed by atoms with E-state index in [0.717, 1.165) is 37.2 Å². The van der Waals surface area contributed by atoms with E-state index < -0.39 is 0 Å². The first kappa shape index (κ1) is 21.6. The van der Waals surface area contributed by atoms with Gasteiger partial charge in [0, 0.05) is 37.8 Å². The zero-order chi connectivity index (χ0) is 21.6. The van der Waals surface area contributed by atoms with Crippen molar-refractivity contribution in [3.8, 4) is 5.75 Å². The minimum Gasteiger partial charge on any atom is -0.481 e. The third-order valence-corrected chi connectivity index (χ3v) is 5.58. The lowest BCUT2D eigenvalue weighted by atomic mass is 10.1. The lowest BCUT2D eigenvalue weighted by Crippen LogP contribution is -2.40. The summed E-state index contributed by atoms with van der Waals surface area (Å²) in [5.74, 6) is 0.350. The van der Waals surface area contributed by atoms with Gasteiger partial charge in [-0.3, -0.25) is 14.7 Å². The van der Waals surface area contributed by atoms with Crippen molar-refractivity contribution in [2.24, 2.45) is 0 Å². The standard InChI is InChI=1S/C24H26ClN3O3/c1-17-14-28(10-11-30-17)15-19-5-2-4-18(12-19)13-27-23(29)16-31-22-8-7-21(25)20-6-3-9-26-24(20)22/h2-9,12,17H,10-11,13-16H2,1H3,(H,27,29). The first-order valence-corrected chi connectivity index (χ1v) is 10.8. The molecule has 1 atom stereocenters. The van der Waals surface area contributed by atoms with Gasteiger partial charge >= 0.3 is 0 Å². The largest absolute Gasteiger partial charge is 0.481 e. The van der Waals surface area contributed by atoms with Gasteiger partial charge in [0.1, 0.15) is 11.3 Å². The summed E-state index contributed by atoms with van der Waals surface area (Å²) in [5.41, 5.74) is 2.94. The minimum atomic E-state index is -0.188. The van der Waals surface area contributed by atoms with Gasteiger partial charge in [-0.2, -0.15) is 0 Å². The van der Waals surface area contributed by atoms with Gasteiger partial charge in [0.2, 0.25) is 0 Å². The Morgan fingerprint density at radius 3 is 3.00 bits per heavy atom. The Morgan fingerprint density at radius 1 is 1.26 bits per heavy atom. The van der Waals surface area contributed by atoms with Crippen LogP contribution in [0.15, 0.2) is 54.7 Å². The first-order valence-electron chi connectivity index (χ1n) is 10.4. The van der Waals surface area contributed by atoms with Gasteiger partial charge in [-0.05, 0) is 42.3 Å². The third-order valence-electron chi connectivity index (χ3n) is 5.25. The molecule has 1 fully saturated rings. The topological polar surface area (TPSA) is 63.7 Å². The molecule has 0 bridgehead atoms. The van der Waals surface area contributed by atoms with Gasteiger partial charge in [0.25, 0.3) is 5.91 Å². The second-order valence-corrected chi connectivity index (χ2v) is 8.15. The Bertz CT molecular complexity index is 1060. The van der Waals surface area contributed by atoms with E-state index >= 15 is 0 Å². The normalized spacial score (nSPS) is 16.9. The highest BCUT2D eigenvalue weighted by atomic mass is 35.5. The Hall–Kier alpha value is -2.67. The number of hydrogen-bond donors (Lipinski definition) is 1. The van der Waals surface area contributed by atoms with Crippen LogP contribution in [0.4, 0.5) is 0 Å². The molecule has 1 unspecified atom stereocenters. The first-order chi connectivity index (χ1) is 15.1. The molecule has 1 aromatic heterocycles. The monoisotopic (exact) mass is 439 g/mol. The van der Waals surface area contributed by atoms with E-state index in [0.29, 0.717) is 22.8 Å². The number of rotatable bonds is 7. The molecular weight excluding hydrogens is 414 g/mol. The van der Waals surface area contributed by atoms with E-state index in [1.54, 1.807) is 18.3 Å². The summed E-state index contributed by atoms with van der Waals surface area (Å²) in [6.45, 7) is 6.00. The van der Waals surface area contributed by atoms with Gasteiger partial charge in [0.15, 0.2) is 6.61 Å². The molecule has 162 valence electrons. The van der Waals surface area contributed by atoms with Crippen molar-refractivity contribution in [2.75, 3.05) is 26.3 Å². The van der Waals surface area contributed by atoms with Crippen LogP contribution in [0.1, 0.15) is 18.1 Å². The highest BCUT2D eigenvalue weighted by molar-refractivity contribution is 6.35. The van der Waals surface area contributed by atoms with Crippen molar-refractivity contribution in [2.45, 2.75) is 26.1 Å². The average molecular weight is 440 g/mol. The number of morpholine rings is 1. The van der Waals surface area contributed by atoms with Crippen LogP contribution >= 0.6 is 11.6 Å². The number of ether oxygens (including phenoxy) is 2. The predicted octanol–water partition coefficient (Wildman–Crippen LogP) is 3.80. The molecule has 4 rings (SSSR count). The molecule has 31 heavy (non-hydrogen) atoms. The van der Waals surface area contributed by atoms with E-state index in [9.17, 15) is 4.79 Å². The SMILES string of the molecule is CC1CN(Cc2cccc(CNC(=O)COc3ccc(Cl)c4cccnc34)c2)CCO1. The number of carbonyl (C=O) groups is 1. The van der Waals surface area contributed by atoms with E-state index in [1.165, 1.54) is 5.56 Å². The summed E-state index contributed by atoms with van der Waals surface area (Å²) < 4.78 is 11.3. The molecule has 2 heterocycles. The van der Waals surface area contributed by atoms with E-state index in [2.05, 4.69) is 34.3 Å². The van der Waals surface area contributed by atoms with Gasteiger partial charge < -0.3 is 14.8 Å². The molecule has 1 amide bonds. The maximum atomic E-state index is 12.3. The number of fused-ring (bicyclic) bond motifs is 1. The number of nitrogens with zero attached hydrogens (tertiary/aromatic N) is 2. The molecule has 3 aromatic rings. The van der Waals surface area contributed by atoms with Gasteiger partial charge in [0.05, 0.1) is 17.7 Å². The highest BCUT2D eigenvalue weighted by Crippen LogP contribution is 2.29. The maximum Gasteiger partial charge on any atom is 0.258 e. The van der Waals surface area contributed by atoms with Crippen LogP contribution in [-0.4, -0.2) is 48.2 Å². The van der Waals surface area contributed by atoms with Gasteiger partial charge in [-0.1, -0.05) is 35.9 Å². The predicted molar refractivity (Wildman–Crippen MR) is 121 cm³/mol. The molecule has 2 aromatic carbocycles. The fourth-order valence-electron chi connectivity index (χ4n) is 3.75. The van der Waals surface area contributed by atoms with E-state index in [-0.39, 0.29) is 18.6 Å². The van der Waals surface area contributed by atoms with Crippen LogP contribution in [0.2, 0.25) is 5.02 Å². The molecule has 1 N–H and O–H groups in total. The molecule has 0 radical (unpaired) electrons. The van der Waals surface area contributed by atoms with Crippen LogP contribution < -0.4 is 10.1 Å². The molecule has 1 aliphatic rings.